The van der Waals surface area contributed by atoms with Crippen LogP contribution in [0.3, 0.4) is 0 Å². The number of hydrogen-bond acceptors (Lipinski definition) is 5. The molecule has 5 rings (SSSR count). The molecule has 1 aliphatic carbocycles. The smallest absolute Gasteiger partial charge is 0.267 e. The molecule has 1 fully saturated rings. The van der Waals surface area contributed by atoms with Gasteiger partial charge in [-0.1, -0.05) is 25.7 Å². The molecule has 4 heterocycles. The number of H-pyrrole nitrogens is 1. The topological polar surface area (TPSA) is 98.5 Å². The van der Waals surface area contributed by atoms with Gasteiger partial charge in [-0.25, -0.2) is 9.55 Å². The molecule has 0 bridgehead atoms. The molecule has 8 heteroatoms. The molecule has 148 valence electrons. The molecule has 0 aromatic carbocycles. The Morgan fingerprint density at radius 2 is 1.62 bits per heavy atom. The highest BCUT2D eigenvalue weighted by Crippen LogP contribution is 2.26. The van der Waals surface area contributed by atoms with E-state index in [2.05, 4.69) is 20.2 Å². The Kier molecular flexibility index (Phi) is 4.26. The predicted octanol–water partition coefficient (Wildman–Crippen LogP) is 3.02. The number of nitrogens with one attached hydrogen (secondary N) is 1. The van der Waals surface area contributed by atoms with E-state index in [-0.39, 0.29) is 23.1 Å². The lowest BCUT2D eigenvalue weighted by atomic mass is 10.1. The van der Waals surface area contributed by atoms with Gasteiger partial charge in [-0.2, -0.15) is 4.98 Å². The van der Waals surface area contributed by atoms with Gasteiger partial charge in [0.1, 0.15) is 5.82 Å². The number of aromatic nitrogens is 6. The van der Waals surface area contributed by atoms with E-state index in [0.717, 1.165) is 25.7 Å². The second kappa shape index (κ2) is 6.95. The van der Waals surface area contributed by atoms with Crippen LogP contribution in [-0.4, -0.2) is 29.3 Å². The molecule has 4 aromatic heterocycles. The zero-order chi connectivity index (χ0) is 20.0. The van der Waals surface area contributed by atoms with Crippen molar-refractivity contribution in [3.63, 3.8) is 0 Å². The van der Waals surface area contributed by atoms with Crippen LogP contribution in [-0.2, 0) is 0 Å². The van der Waals surface area contributed by atoms with E-state index in [9.17, 15) is 9.59 Å². The Hall–Kier alpha value is -3.29. The van der Waals surface area contributed by atoms with Crippen LogP contribution in [0.15, 0.2) is 40.2 Å². The Labute approximate surface area is 166 Å². The highest BCUT2D eigenvalue weighted by Gasteiger charge is 2.17. The van der Waals surface area contributed by atoms with E-state index in [1.165, 1.54) is 17.4 Å². The van der Waals surface area contributed by atoms with E-state index in [4.69, 9.17) is 0 Å². The van der Waals surface area contributed by atoms with E-state index in [1.807, 2.05) is 16.8 Å². The molecule has 29 heavy (non-hydrogen) atoms. The standard InChI is InChI=1S/C21H22N6O2/c1-13-22-21(25-24-13)27-11-9-18-16(20(27)29)12-15-17(23-18)8-10-26(19(15)28)14-6-4-2-3-5-7-14/h8-12,14H,2-7H2,1H3,(H,22,24,25). The van der Waals surface area contributed by atoms with Crippen molar-refractivity contribution in [3.8, 4) is 5.95 Å². The molecule has 0 saturated heterocycles. The van der Waals surface area contributed by atoms with E-state index in [1.54, 1.807) is 25.3 Å². The first-order chi connectivity index (χ1) is 14.1. The molecular weight excluding hydrogens is 368 g/mol. The summed E-state index contributed by atoms with van der Waals surface area (Å²) in [4.78, 5) is 35.1. The first-order valence-corrected chi connectivity index (χ1v) is 10.1. The van der Waals surface area contributed by atoms with Gasteiger partial charge in [-0.3, -0.25) is 14.7 Å². The van der Waals surface area contributed by atoms with Crippen LogP contribution in [0.2, 0.25) is 0 Å². The monoisotopic (exact) mass is 390 g/mol. The molecule has 0 spiro atoms. The van der Waals surface area contributed by atoms with Crippen LogP contribution < -0.4 is 11.1 Å². The Balaban J connectivity index is 1.70. The van der Waals surface area contributed by atoms with Crippen LogP contribution in [0.5, 0.6) is 0 Å². The SMILES string of the molecule is Cc1nc(-n2ccc3nc4ccn(C5CCCCCC5)c(=O)c4cc3c2=O)n[nH]1. The highest BCUT2D eigenvalue weighted by atomic mass is 16.1. The Morgan fingerprint density at radius 1 is 0.931 bits per heavy atom. The maximum Gasteiger partial charge on any atom is 0.267 e. The second-order valence-electron chi connectivity index (χ2n) is 7.74. The summed E-state index contributed by atoms with van der Waals surface area (Å²) < 4.78 is 3.20. The van der Waals surface area contributed by atoms with E-state index >= 15 is 0 Å². The summed E-state index contributed by atoms with van der Waals surface area (Å²) in [5.74, 6) is 0.897. The lowest BCUT2D eigenvalue weighted by Gasteiger charge is -2.18. The van der Waals surface area contributed by atoms with Crippen LogP contribution in [0.4, 0.5) is 0 Å². The summed E-state index contributed by atoms with van der Waals surface area (Å²) in [5, 5.41) is 7.66. The van der Waals surface area contributed by atoms with Gasteiger partial charge >= 0.3 is 0 Å². The summed E-state index contributed by atoms with van der Waals surface area (Å²) in [6.45, 7) is 1.77. The maximum atomic E-state index is 13.2. The third-order valence-corrected chi connectivity index (χ3v) is 5.79. The van der Waals surface area contributed by atoms with Crippen LogP contribution in [0.25, 0.3) is 27.8 Å². The molecule has 1 aliphatic rings. The molecule has 0 amide bonds. The number of aromatic amines is 1. The van der Waals surface area contributed by atoms with E-state index < -0.39 is 0 Å². The van der Waals surface area contributed by atoms with Gasteiger partial charge in [0, 0.05) is 18.4 Å². The van der Waals surface area contributed by atoms with Crippen LogP contribution in [0, 0.1) is 6.92 Å². The molecule has 8 nitrogen and oxygen atoms in total. The minimum Gasteiger partial charge on any atom is -0.312 e. The number of fused-ring (bicyclic) bond motifs is 2. The largest absolute Gasteiger partial charge is 0.312 e. The van der Waals surface area contributed by atoms with Gasteiger partial charge in [0.2, 0.25) is 0 Å². The van der Waals surface area contributed by atoms with Gasteiger partial charge in [0.25, 0.3) is 17.1 Å². The molecule has 1 saturated carbocycles. The Bertz CT molecular complexity index is 1320. The third-order valence-electron chi connectivity index (χ3n) is 5.79. The first-order valence-electron chi connectivity index (χ1n) is 10.1. The predicted molar refractivity (Wildman–Crippen MR) is 111 cm³/mol. The fourth-order valence-electron chi connectivity index (χ4n) is 4.26. The normalized spacial score (nSPS) is 15.8. The van der Waals surface area contributed by atoms with Gasteiger partial charge in [0.05, 0.1) is 21.8 Å². The van der Waals surface area contributed by atoms with Crippen LogP contribution in [0.1, 0.15) is 50.4 Å². The molecule has 1 N–H and O–H groups in total. The number of pyridine rings is 3. The summed E-state index contributed by atoms with van der Waals surface area (Å²) in [7, 11) is 0. The number of aryl methyl sites for hydroxylation is 1. The summed E-state index contributed by atoms with van der Waals surface area (Å²) in [5.41, 5.74) is 0.795. The lowest BCUT2D eigenvalue weighted by molar-refractivity contribution is 0.434. The fraction of sp³-hybridized carbons (Fsp3) is 0.381. The number of nitrogens with zero attached hydrogens (tertiary/aromatic N) is 5. The van der Waals surface area contributed by atoms with Crippen molar-refractivity contribution in [3.05, 3.63) is 57.1 Å². The summed E-state index contributed by atoms with van der Waals surface area (Å²) >= 11 is 0. The molecule has 0 atom stereocenters. The summed E-state index contributed by atoms with van der Waals surface area (Å²) in [6, 6.07) is 5.52. The molecule has 0 unspecified atom stereocenters. The number of rotatable bonds is 2. The van der Waals surface area contributed by atoms with Crippen molar-refractivity contribution in [2.75, 3.05) is 0 Å². The quantitative estimate of drug-likeness (QED) is 0.419. The van der Waals surface area contributed by atoms with Gasteiger partial charge < -0.3 is 4.57 Å². The minimum absolute atomic E-state index is 0.0765. The van der Waals surface area contributed by atoms with Crippen molar-refractivity contribution >= 4 is 21.8 Å². The number of hydrogen-bond donors (Lipinski definition) is 1. The lowest BCUT2D eigenvalue weighted by Crippen LogP contribution is -2.25. The zero-order valence-corrected chi connectivity index (χ0v) is 16.3. The first kappa shape index (κ1) is 17.8. The average molecular weight is 390 g/mol. The van der Waals surface area contributed by atoms with E-state index in [0.29, 0.717) is 27.6 Å². The van der Waals surface area contributed by atoms with Gasteiger partial charge in [0.15, 0.2) is 0 Å². The van der Waals surface area contributed by atoms with Gasteiger partial charge in [-0.15, -0.1) is 5.10 Å². The summed E-state index contributed by atoms with van der Waals surface area (Å²) in [6.07, 6.45) is 10.2. The van der Waals surface area contributed by atoms with Crippen molar-refractivity contribution < 1.29 is 0 Å². The molecule has 0 aliphatic heterocycles. The molecule has 0 radical (unpaired) electrons. The minimum atomic E-state index is -0.292. The van der Waals surface area contributed by atoms with Crippen molar-refractivity contribution in [2.45, 2.75) is 51.5 Å². The highest BCUT2D eigenvalue weighted by molar-refractivity contribution is 5.91. The zero-order valence-electron chi connectivity index (χ0n) is 16.3. The van der Waals surface area contributed by atoms with Gasteiger partial charge in [-0.05, 0) is 38.0 Å². The van der Waals surface area contributed by atoms with Crippen molar-refractivity contribution in [2.24, 2.45) is 0 Å². The van der Waals surface area contributed by atoms with Crippen molar-refractivity contribution in [1.82, 2.24) is 29.3 Å². The van der Waals surface area contributed by atoms with Crippen LogP contribution >= 0.6 is 0 Å². The second-order valence-corrected chi connectivity index (χ2v) is 7.74. The third kappa shape index (κ3) is 3.04. The maximum absolute atomic E-state index is 13.2. The molecular formula is C21H22N6O2. The Morgan fingerprint density at radius 3 is 2.31 bits per heavy atom. The van der Waals surface area contributed by atoms with Crippen molar-refractivity contribution in [1.29, 1.82) is 0 Å². The molecule has 4 aromatic rings. The average Bonchev–Trinajstić information content (AvgIpc) is 2.98. The fourth-order valence-corrected chi connectivity index (χ4v) is 4.26.